The Labute approximate surface area is 170 Å². The summed E-state index contributed by atoms with van der Waals surface area (Å²) in [5.74, 6) is 0.0575. The highest BCUT2D eigenvalue weighted by molar-refractivity contribution is 6.05. The van der Waals surface area contributed by atoms with Gasteiger partial charge in [0.25, 0.3) is 5.91 Å². The lowest BCUT2D eigenvalue weighted by Crippen LogP contribution is -2.52. The summed E-state index contributed by atoms with van der Waals surface area (Å²) in [5.41, 5.74) is 3.33. The Morgan fingerprint density at radius 2 is 2.00 bits per heavy atom. The summed E-state index contributed by atoms with van der Waals surface area (Å²) in [4.78, 5) is 38.0. The molecule has 4 aliphatic rings. The van der Waals surface area contributed by atoms with E-state index in [1.807, 2.05) is 12.1 Å². The minimum absolute atomic E-state index is 0.104. The van der Waals surface area contributed by atoms with Gasteiger partial charge in [0, 0.05) is 25.1 Å². The van der Waals surface area contributed by atoms with Crippen LogP contribution in [0.15, 0.2) is 18.2 Å². The number of nitrogens with one attached hydrogen (secondary N) is 3. The van der Waals surface area contributed by atoms with Crippen molar-refractivity contribution in [2.75, 3.05) is 19.6 Å². The number of piperidine rings is 2. The molecule has 7 nitrogen and oxygen atoms in total. The zero-order valence-corrected chi connectivity index (χ0v) is 16.6. The van der Waals surface area contributed by atoms with E-state index in [0.717, 1.165) is 43.2 Å². The second kappa shape index (κ2) is 7.22. The van der Waals surface area contributed by atoms with E-state index in [1.54, 1.807) is 4.90 Å². The first-order valence-corrected chi connectivity index (χ1v) is 10.7. The normalized spacial score (nSPS) is 27.9. The first-order valence-electron chi connectivity index (χ1n) is 10.7. The van der Waals surface area contributed by atoms with Crippen molar-refractivity contribution in [3.05, 3.63) is 34.9 Å². The van der Waals surface area contributed by atoms with E-state index in [-0.39, 0.29) is 24.1 Å². The van der Waals surface area contributed by atoms with Crippen molar-refractivity contribution < 1.29 is 14.4 Å². The topological polar surface area (TPSA) is 90.5 Å². The van der Waals surface area contributed by atoms with Crippen LogP contribution in [0.4, 0.5) is 0 Å². The SMILES string of the molecule is O=C1CCC(N2Cc3ccc(CNCC4CC45CCNCC5)cc3C2=O)C(=O)N1. The van der Waals surface area contributed by atoms with Crippen LogP contribution in [0.25, 0.3) is 0 Å². The van der Waals surface area contributed by atoms with Gasteiger partial charge >= 0.3 is 0 Å². The molecule has 3 aliphatic heterocycles. The van der Waals surface area contributed by atoms with Crippen molar-refractivity contribution in [3.63, 3.8) is 0 Å². The molecule has 7 heteroatoms. The van der Waals surface area contributed by atoms with Crippen LogP contribution in [-0.4, -0.2) is 48.3 Å². The van der Waals surface area contributed by atoms with Crippen LogP contribution in [0.5, 0.6) is 0 Å². The molecule has 0 aromatic heterocycles. The summed E-state index contributed by atoms with van der Waals surface area (Å²) < 4.78 is 0. The fourth-order valence-corrected chi connectivity index (χ4v) is 5.36. The number of carbonyl (C=O) groups excluding carboxylic acids is 3. The molecule has 0 bridgehead atoms. The average molecular weight is 396 g/mol. The highest BCUT2D eigenvalue weighted by atomic mass is 16.2. The van der Waals surface area contributed by atoms with Gasteiger partial charge in [0.1, 0.15) is 6.04 Å². The number of amides is 3. The Kier molecular flexibility index (Phi) is 4.67. The Bertz CT molecular complexity index is 862. The van der Waals surface area contributed by atoms with E-state index in [0.29, 0.717) is 23.9 Å². The standard InChI is InChI=1S/C22H28N4O3/c27-19-4-3-18(20(28)25-19)26-13-15-2-1-14(9-17(15)21(26)29)11-24-12-16-10-22(16)5-7-23-8-6-22/h1-2,9,16,18,23-24H,3-8,10-13H2,(H,25,27,28). The Balaban J connectivity index is 1.18. The van der Waals surface area contributed by atoms with Gasteiger partial charge in [0.2, 0.25) is 11.8 Å². The molecule has 3 fully saturated rings. The average Bonchev–Trinajstić information content (AvgIpc) is 3.26. The molecule has 2 saturated heterocycles. The van der Waals surface area contributed by atoms with Crippen LogP contribution < -0.4 is 16.0 Å². The molecular formula is C22H28N4O3. The molecule has 1 aromatic carbocycles. The lowest BCUT2D eigenvalue weighted by atomic mass is 9.92. The lowest BCUT2D eigenvalue weighted by molar-refractivity contribution is -0.136. The summed E-state index contributed by atoms with van der Waals surface area (Å²) in [6.07, 6.45) is 4.61. The summed E-state index contributed by atoms with van der Waals surface area (Å²) >= 11 is 0. The quantitative estimate of drug-likeness (QED) is 0.644. The third-order valence-corrected chi connectivity index (χ3v) is 7.27. The van der Waals surface area contributed by atoms with Gasteiger partial charge in [0.05, 0.1) is 0 Å². The van der Waals surface area contributed by atoms with Gasteiger partial charge in [-0.1, -0.05) is 12.1 Å². The molecule has 154 valence electrons. The Morgan fingerprint density at radius 1 is 1.17 bits per heavy atom. The molecule has 3 heterocycles. The molecule has 0 radical (unpaired) electrons. The molecule has 3 N–H and O–H groups in total. The van der Waals surface area contributed by atoms with Crippen molar-refractivity contribution in [1.82, 2.24) is 20.9 Å². The van der Waals surface area contributed by atoms with Crippen LogP contribution in [0, 0.1) is 11.3 Å². The number of nitrogens with zero attached hydrogens (tertiary/aromatic N) is 1. The smallest absolute Gasteiger partial charge is 0.255 e. The van der Waals surface area contributed by atoms with E-state index in [1.165, 1.54) is 19.3 Å². The number of hydrogen-bond donors (Lipinski definition) is 3. The second-order valence-electron chi connectivity index (χ2n) is 9.04. The van der Waals surface area contributed by atoms with E-state index in [2.05, 4.69) is 22.0 Å². The maximum Gasteiger partial charge on any atom is 0.255 e. The third-order valence-electron chi connectivity index (χ3n) is 7.27. The molecule has 1 aromatic rings. The number of carbonyl (C=O) groups is 3. The van der Waals surface area contributed by atoms with Gasteiger partial charge in [-0.3, -0.25) is 19.7 Å². The molecule has 1 saturated carbocycles. The van der Waals surface area contributed by atoms with Crippen LogP contribution >= 0.6 is 0 Å². The molecule has 1 spiro atoms. The number of imide groups is 1. The minimum Gasteiger partial charge on any atom is -0.322 e. The highest BCUT2D eigenvalue weighted by Crippen LogP contribution is 2.58. The zero-order valence-electron chi connectivity index (χ0n) is 16.6. The molecule has 29 heavy (non-hydrogen) atoms. The number of rotatable bonds is 5. The van der Waals surface area contributed by atoms with Crippen molar-refractivity contribution >= 4 is 17.7 Å². The third kappa shape index (κ3) is 3.46. The molecular weight excluding hydrogens is 368 g/mol. The summed E-state index contributed by atoms with van der Waals surface area (Å²) in [5, 5.41) is 9.37. The minimum atomic E-state index is -0.551. The zero-order chi connectivity index (χ0) is 20.0. The van der Waals surface area contributed by atoms with E-state index < -0.39 is 6.04 Å². The number of hydrogen-bond acceptors (Lipinski definition) is 5. The predicted molar refractivity (Wildman–Crippen MR) is 107 cm³/mol. The lowest BCUT2D eigenvalue weighted by Gasteiger charge is -2.29. The van der Waals surface area contributed by atoms with Gasteiger partial charge in [-0.2, -0.15) is 0 Å². The van der Waals surface area contributed by atoms with Crippen molar-refractivity contribution in [1.29, 1.82) is 0 Å². The van der Waals surface area contributed by atoms with E-state index >= 15 is 0 Å². The van der Waals surface area contributed by atoms with Gasteiger partial charge in [-0.25, -0.2) is 0 Å². The largest absolute Gasteiger partial charge is 0.322 e. The maximum absolute atomic E-state index is 12.9. The van der Waals surface area contributed by atoms with Crippen LogP contribution in [0.2, 0.25) is 0 Å². The summed E-state index contributed by atoms with van der Waals surface area (Å²) in [7, 11) is 0. The second-order valence-corrected chi connectivity index (χ2v) is 9.04. The highest BCUT2D eigenvalue weighted by Gasteiger charge is 2.53. The van der Waals surface area contributed by atoms with Crippen LogP contribution in [-0.2, 0) is 22.7 Å². The molecule has 5 rings (SSSR count). The van der Waals surface area contributed by atoms with Gasteiger partial charge in [-0.15, -0.1) is 0 Å². The van der Waals surface area contributed by atoms with Crippen molar-refractivity contribution in [2.24, 2.45) is 11.3 Å². The van der Waals surface area contributed by atoms with Gasteiger partial charge < -0.3 is 15.5 Å². The Morgan fingerprint density at radius 3 is 2.79 bits per heavy atom. The first kappa shape index (κ1) is 18.8. The van der Waals surface area contributed by atoms with Crippen LogP contribution in [0.3, 0.4) is 0 Å². The van der Waals surface area contributed by atoms with Crippen molar-refractivity contribution in [2.45, 2.75) is 51.2 Å². The molecule has 1 aliphatic carbocycles. The van der Waals surface area contributed by atoms with Crippen LogP contribution in [0.1, 0.15) is 53.6 Å². The number of benzene rings is 1. The van der Waals surface area contributed by atoms with Crippen molar-refractivity contribution in [3.8, 4) is 0 Å². The van der Waals surface area contributed by atoms with Gasteiger partial charge in [-0.05, 0) is 73.8 Å². The fraction of sp³-hybridized carbons (Fsp3) is 0.591. The van der Waals surface area contributed by atoms with E-state index in [4.69, 9.17) is 0 Å². The molecule has 2 atom stereocenters. The summed E-state index contributed by atoms with van der Waals surface area (Å²) in [6, 6.07) is 5.48. The van der Waals surface area contributed by atoms with E-state index in [9.17, 15) is 14.4 Å². The van der Waals surface area contributed by atoms with Gasteiger partial charge in [0.15, 0.2) is 0 Å². The summed E-state index contributed by atoms with van der Waals surface area (Å²) in [6.45, 7) is 4.52. The molecule has 3 amide bonds. The predicted octanol–water partition coefficient (Wildman–Crippen LogP) is 0.927. The maximum atomic E-state index is 12.9. The number of fused-ring (bicyclic) bond motifs is 1. The fourth-order valence-electron chi connectivity index (χ4n) is 5.36. The first-order chi connectivity index (χ1) is 14.1. The molecule has 2 unspecified atom stereocenters. The Hall–Kier alpha value is -2.25. The monoisotopic (exact) mass is 396 g/mol.